The summed E-state index contributed by atoms with van der Waals surface area (Å²) in [6.07, 6.45) is 3.09. The van der Waals surface area contributed by atoms with Gasteiger partial charge in [-0.25, -0.2) is 14.4 Å². The van der Waals surface area contributed by atoms with Crippen LogP contribution in [0.25, 0.3) is 39.0 Å². The largest absolute Gasteiger partial charge is 0.422 e. The molecule has 0 unspecified atom stereocenters. The lowest BCUT2D eigenvalue weighted by atomic mass is 10.0. The fourth-order valence-corrected chi connectivity index (χ4v) is 7.12. The predicted octanol–water partition coefficient (Wildman–Crippen LogP) is 9.36. The lowest BCUT2D eigenvalue weighted by molar-refractivity contribution is 0.102. The summed E-state index contributed by atoms with van der Waals surface area (Å²) >= 11 is 0. The molecule has 0 atom stereocenters. The molecule has 4 aromatic carbocycles. The summed E-state index contributed by atoms with van der Waals surface area (Å²) in [6, 6.07) is 30.7. The van der Waals surface area contributed by atoms with E-state index in [1.54, 1.807) is 36.4 Å². The third-order valence-corrected chi connectivity index (χ3v) is 10.5. The first-order valence-corrected chi connectivity index (χ1v) is 20.3. The third-order valence-electron chi connectivity index (χ3n) is 10.5. The van der Waals surface area contributed by atoms with Crippen molar-refractivity contribution >= 4 is 67.6 Å². The second-order valence-electron chi connectivity index (χ2n) is 14.0. The zero-order valence-electron chi connectivity index (χ0n) is 34.8. The van der Waals surface area contributed by atoms with E-state index in [1.165, 1.54) is 18.2 Å². The van der Waals surface area contributed by atoms with Crippen molar-refractivity contribution in [2.24, 2.45) is 0 Å². The number of hydrogen-bond donors (Lipinski definition) is 0. The van der Waals surface area contributed by atoms with E-state index < -0.39 is 22.7 Å². The summed E-state index contributed by atoms with van der Waals surface area (Å²) in [5, 5.41) is 1.94. The molecule has 7 rings (SSSR count). The van der Waals surface area contributed by atoms with Crippen LogP contribution in [0.3, 0.4) is 0 Å². The lowest BCUT2D eigenvalue weighted by Gasteiger charge is -2.21. The van der Waals surface area contributed by atoms with Crippen LogP contribution < -0.4 is 31.6 Å². The Hall–Kier alpha value is -7.01. The topological polar surface area (TPSA) is 134 Å². The molecular weight excluding hydrogens is 759 g/mol. The van der Waals surface area contributed by atoms with Crippen molar-refractivity contribution in [1.82, 2.24) is 0 Å². The molecule has 0 aliphatic rings. The van der Waals surface area contributed by atoms with E-state index in [4.69, 9.17) is 13.3 Å². The minimum Gasteiger partial charge on any atom is -0.422 e. The van der Waals surface area contributed by atoms with Crippen molar-refractivity contribution in [2.45, 2.75) is 41.5 Å². The first-order chi connectivity index (χ1) is 29.0. The number of allylic oxidation sites excluding steroid dienone is 1. The molecule has 0 aliphatic heterocycles. The molecule has 0 saturated heterocycles. The first-order valence-electron chi connectivity index (χ1n) is 20.3. The molecule has 11 nitrogen and oxygen atoms in total. The van der Waals surface area contributed by atoms with Crippen LogP contribution >= 0.6 is 0 Å². The van der Waals surface area contributed by atoms with E-state index in [9.17, 15) is 24.0 Å². The Morgan fingerprint density at radius 1 is 0.467 bits per heavy atom. The minimum absolute atomic E-state index is 0.0419. The van der Waals surface area contributed by atoms with Gasteiger partial charge >= 0.3 is 16.9 Å². The van der Waals surface area contributed by atoms with Gasteiger partial charge in [-0.05, 0) is 108 Å². The molecule has 0 N–H and O–H groups in total. The summed E-state index contributed by atoms with van der Waals surface area (Å²) in [4.78, 5) is 69.6. The van der Waals surface area contributed by atoms with Crippen LogP contribution in [0, 0.1) is 0 Å². The molecule has 3 aromatic heterocycles. The van der Waals surface area contributed by atoms with Crippen molar-refractivity contribution in [3.63, 3.8) is 0 Å². The molecule has 0 fully saturated rings. The number of hydrogen-bond acceptors (Lipinski definition) is 11. The predicted molar refractivity (Wildman–Crippen MR) is 241 cm³/mol. The summed E-state index contributed by atoms with van der Waals surface area (Å²) < 4.78 is 16.3. The Bertz CT molecular complexity index is 2750. The minimum atomic E-state index is -0.787. The Morgan fingerprint density at radius 2 is 0.817 bits per heavy atom. The number of benzene rings is 4. The summed E-state index contributed by atoms with van der Waals surface area (Å²) in [6.45, 7) is 17.3. The highest BCUT2D eigenvalue weighted by Gasteiger charge is 2.21. The van der Waals surface area contributed by atoms with E-state index in [1.807, 2.05) is 88.4 Å². The van der Waals surface area contributed by atoms with Crippen LogP contribution in [0.15, 0.2) is 137 Å². The number of carbonyl (C=O) groups is 2. The number of anilines is 3. The molecule has 0 spiro atoms. The number of carbonyl (C=O) groups excluding carboxylic acids is 2. The second kappa shape index (κ2) is 19.2. The van der Waals surface area contributed by atoms with Crippen LogP contribution in [0.5, 0.6) is 0 Å². The molecular formula is C49H49N3O8. The molecule has 60 heavy (non-hydrogen) atoms. The molecule has 308 valence electrons. The van der Waals surface area contributed by atoms with Gasteiger partial charge in [0.1, 0.15) is 33.4 Å². The molecule has 0 radical (unpaired) electrons. The van der Waals surface area contributed by atoms with Gasteiger partial charge in [-0.1, -0.05) is 36.4 Å². The van der Waals surface area contributed by atoms with Crippen molar-refractivity contribution in [2.75, 3.05) is 54.0 Å². The van der Waals surface area contributed by atoms with Crippen molar-refractivity contribution in [3.8, 4) is 0 Å². The van der Waals surface area contributed by atoms with E-state index >= 15 is 0 Å². The normalized spacial score (nSPS) is 11.2. The van der Waals surface area contributed by atoms with Crippen LogP contribution in [-0.4, -0.2) is 50.8 Å². The average Bonchev–Trinajstić information content (AvgIpc) is 3.26. The highest BCUT2D eigenvalue weighted by molar-refractivity contribution is 6.11. The summed E-state index contributed by atoms with van der Waals surface area (Å²) in [5.74, 6) is -1.08. The number of ketones is 2. The van der Waals surface area contributed by atoms with Gasteiger partial charge in [0.25, 0.3) is 0 Å². The summed E-state index contributed by atoms with van der Waals surface area (Å²) in [7, 11) is 0. The van der Waals surface area contributed by atoms with Crippen molar-refractivity contribution in [1.29, 1.82) is 0 Å². The maximum Gasteiger partial charge on any atom is 0.347 e. The van der Waals surface area contributed by atoms with Crippen molar-refractivity contribution in [3.05, 3.63) is 163 Å². The van der Waals surface area contributed by atoms with Gasteiger partial charge in [0.05, 0.1) is 0 Å². The average molecular weight is 808 g/mol. The van der Waals surface area contributed by atoms with Crippen LogP contribution in [-0.2, 0) is 0 Å². The van der Waals surface area contributed by atoms with E-state index in [2.05, 4.69) is 28.5 Å². The smallest absolute Gasteiger partial charge is 0.347 e. The van der Waals surface area contributed by atoms with Crippen LogP contribution in [0.1, 0.15) is 73.4 Å². The fourth-order valence-electron chi connectivity index (χ4n) is 7.12. The Balaban J connectivity index is 0.000000209. The quantitative estimate of drug-likeness (QED) is 0.0591. The maximum atomic E-state index is 13.2. The summed E-state index contributed by atoms with van der Waals surface area (Å²) in [5.41, 5.74) is 2.47. The van der Waals surface area contributed by atoms with E-state index in [0.29, 0.717) is 27.5 Å². The van der Waals surface area contributed by atoms with Gasteiger partial charge < -0.3 is 28.0 Å². The van der Waals surface area contributed by atoms with Gasteiger partial charge in [0.2, 0.25) is 5.78 Å². The Morgan fingerprint density at radius 3 is 1.18 bits per heavy atom. The van der Waals surface area contributed by atoms with Gasteiger partial charge in [-0.2, -0.15) is 0 Å². The molecule has 3 heterocycles. The van der Waals surface area contributed by atoms with E-state index in [0.717, 1.165) is 67.3 Å². The molecule has 0 bridgehead atoms. The standard InChI is InChI=1S/C27H28N2O5.C22H21NO3/c1-5-28(6-2)19-11-9-17-13-21(26(31)33-23(17)15-19)25(30)22-14-18-10-12-20(29(7-3)8-4)16-24(18)34-27(22)32;1-3-23(4-2)18-12-11-17-14-19(22(25)26-21(17)15-18)20(24)13-10-16-8-6-5-7-9-16/h9-16H,5-8H2,1-4H3;5-15H,3-4H2,1-2H3. The fraction of sp³-hybridized carbons (Fsp3) is 0.245. The zero-order chi connectivity index (χ0) is 42.9. The van der Waals surface area contributed by atoms with Crippen molar-refractivity contribution < 1.29 is 22.8 Å². The number of nitrogens with zero attached hydrogens (tertiary/aromatic N) is 3. The van der Waals surface area contributed by atoms with Gasteiger partial charge in [-0.3, -0.25) is 9.59 Å². The van der Waals surface area contributed by atoms with E-state index in [-0.39, 0.29) is 22.5 Å². The molecule has 0 aliphatic carbocycles. The lowest BCUT2D eigenvalue weighted by Crippen LogP contribution is -2.22. The first kappa shape index (κ1) is 42.6. The number of fused-ring (bicyclic) bond motifs is 3. The van der Waals surface area contributed by atoms with Gasteiger partial charge in [0, 0.05) is 90.7 Å². The molecule has 7 aromatic rings. The molecule has 0 saturated carbocycles. The van der Waals surface area contributed by atoms with Crippen LogP contribution in [0.2, 0.25) is 0 Å². The maximum absolute atomic E-state index is 13.2. The van der Waals surface area contributed by atoms with Gasteiger partial charge in [0.15, 0.2) is 5.78 Å². The highest BCUT2D eigenvalue weighted by atomic mass is 16.4. The third kappa shape index (κ3) is 9.31. The number of rotatable bonds is 14. The Labute approximate surface area is 347 Å². The zero-order valence-corrected chi connectivity index (χ0v) is 34.8. The Kier molecular flexibility index (Phi) is 13.6. The molecule has 0 amide bonds. The van der Waals surface area contributed by atoms with Gasteiger partial charge in [-0.15, -0.1) is 0 Å². The second-order valence-corrected chi connectivity index (χ2v) is 14.0. The molecule has 11 heteroatoms. The monoisotopic (exact) mass is 807 g/mol. The SMILES string of the molecule is CCN(CC)c1ccc2cc(C(=O)C=Cc3ccccc3)c(=O)oc2c1.CCN(CC)c1ccc2cc(C(=O)c3cc4ccc(N(CC)CC)cc4oc3=O)c(=O)oc2c1. The highest BCUT2D eigenvalue weighted by Crippen LogP contribution is 2.26. The van der Waals surface area contributed by atoms with Crippen LogP contribution in [0.4, 0.5) is 17.1 Å².